The molecular formula is C28H34N2O3. The molecule has 5 heteroatoms. The highest BCUT2D eigenvalue weighted by molar-refractivity contribution is 5.79. The molecule has 1 heterocycles. The van der Waals surface area contributed by atoms with Crippen molar-refractivity contribution in [3.8, 4) is 11.5 Å². The molecule has 3 N–H and O–H groups in total. The third kappa shape index (κ3) is 8.04. The Morgan fingerprint density at radius 2 is 1.73 bits per heavy atom. The molecule has 3 aromatic rings. The molecule has 0 aromatic heterocycles. The van der Waals surface area contributed by atoms with E-state index in [1.807, 2.05) is 54.6 Å². The lowest BCUT2D eigenvalue weighted by Crippen LogP contribution is -2.39. The second-order valence-corrected chi connectivity index (χ2v) is 8.03. The zero-order valence-corrected chi connectivity index (χ0v) is 19.5. The van der Waals surface area contributed by atoms with E-state index in [9.17, 15) is 4.79 Å². The summed E-state index contributed by atoms with van der Waals surface area (Å²) in [6.07, 6.45) is 2.44. The maximum Gasteiger partial charge on any atom is 0.224 e. The molecular weight excluding hydrogens is 412 g/mol. The van der Waals surface area contributed by atoms with Crippen LogP contribution in [-0.4, -0.2) is 24.7 Å². The lowest BCUT2D eigenvalue weighted by atomic mass is 10.1. The van der Waals surface area contributed by atoms with Crippen LogP contribution in [0.1, 0.15) is 37.0 Å². The second-order valence-electron chi connectivity index (χ2n) is 8.03. The minimum atomic E-state index is -0.00328. The van der Waals surface area contributed by atoms with Crippen molar-refractivity contribution in [1.82, 2.24) is 5.32 Å². The van der Waals surface area contributed by atoms with Gasteiger partial charge < -0.3 is 20.5 Å². The van der Waals surface area contributed by atoms with Gasteiger partial charge in [-0.3, -0.25) is 4.79 Å². The quantitative estimate of drug-likeness (QED) is 0.452. The van der Waals surface area contributed by atoms with Crippen LogP contribution < -0.4 is 15.8 Å². The molecule has 2 atom stereocenters. The number of epoxide rings is 1. The number of ether oxygens (including phenoxy) is 2. The summed E-state index contributed by atoms with van der Waals surface area (Å²) in [6, 6.07) is 25.7. The normalized spacial score (nSPS) is 15.1. The Labute approximate surface area is 196 Å². The van der Waals surface area contributed by atoms with E-state index in [4.69, 9.17) is 15.2 Å². The number of hydrogen-bond donors (Lipinski definition) is 2. The number of nitrogens with two attached hydrogens (primary N) is 1. The molecule has 174 valence electrons. The number of para-hydroxylation sites is 2. The molecule has 1 aliphatic heterocycles. The Bertz CT molecular complexity index is 984. The minimum Gasteiger partial charge on any atom is -0.457 e. The SMILES string of the molecule is CC[C@H](NC(=O)Cc1ccccc1Oc1ccccc1)C1CO1.CCc1cccc(CN)c1. The third-order valence-electron chi connectivity index (χ3n) is 5.52. The highest BCUT2D eigenvalue weighted by Crippen LogP contribution is 2.25. The number of carbonyl (C=O) groups is 1. The Morgan fingerprint density at radius 3 is 2.39 bits per heavy atom. The molecule has 1 unspecified atom stereocenters. The molecule has 0 aliphatic carbocycles. The van der Waals surface area contributed by atoms with Crippen LogP contribution in [0.3, 0.4) is 0 Å². The number of benzene rings is 3. The van der Waals surface area contributed by atoms with Gasteiger partial charge in [0.15, 0.2) is 0 Å². The first-order valence-corrected chi connectivity index (χ1v) is 11.6. The van der Waals surface area contributed by atoms with E-state index < -0.39 is 0 Å². The largest absolute Gasteiger partial charge is 0.457 e. The fourth-order valence-electron chi connectivity index (χ4n) is 3.52. The third-order valence-corrected chi connectivity index (χ3v) is 5.52. The van der Waals surface area contributed by atoms with Crippen LogP contribution in [0.15, 0.2) is 78.9 Å². The second kappa shape index (κ2) is 12.8. The van der Waals surface area contributed by atoms with Crippen molar-refractivity contribution in [3.05, 3.63) is 95.6 Å². The monoisotopic (exact) mass is 446 g/mol. The predicted molar refractivity (Wildman–Crippen MR) is 132 cm³/mol. The first kappa shape index (κ1) is 24.5. The first-order valence-electron chi connectivity index (χ1n) is 11.6. The van der Waals surface area contributed by atoms with Gasteiger partial charge >= 0.3 is 0 Å². The summed E-state index contributed by atoms with van der Waals surface area (Å²) in [5.74, 6) is 1.47. The van der Waals surface area contributed by atoms with Gasteiger partial charge in [-0.15, -0.1) is 0 Å². The Kier molecular flexibility index (Phi) is 9.48. The van der Waals surface area contributed by atoms with E-state index >= 15 is 0 Å². The highest BCUT2D eigenvalue weighted by Gasteiger charge is 2.32. The molecule has 1 aliphatic rings. The van der Waals surface area contributed by atoms with Crippen molar-refractivity contribution >= 4 is 5.91 Å². The van der Waals surface area contributed by atoms with Crippen LogP contribution in [0.5, 0.6) is 11.5 Å². The van der Waals surface area contributed by atoms with Gasteiger partial charge in [0.25, 0.3) is 0 Å². The van der Waals surface area contributed by atoms with Crippen molar-refractivity contribution in [2.75, 3.05) is 6.61 Å². The molecule has 4 rings (SSSR count). The molecule has 33 heavy (non-hydrogen) atoms. The Hall–Kier alpha value is -3.15. The van der Waals surface area contributed by atoms with Crippen molar-refractivity contribution in [3.63, 3.8) is 0 Å². The van der Waals surface area contributed by atoms with Crippen molar-refractivity contribution in [2.45, 2.75) is 51.8 Å². The van der Waals surface area contributed by atoms with Gasteiger partial charge in [0, 0.05) is 12.1 Å². The van der Waals surface area contributed by atoms with Gasteiger partial charge in [-0.05, 0) is 42.2 Å². The van der Waals surface area contributed by atoms with Crippen LogP contribution in [0, 0.1) is 0 Å². The van der Waals surface area contributed by atoms with Gasteiger partial charge in [-0.1, -0.05) is 74.5 Å². The molecule has 0 bridgehead atoms. The molecule has 0 radical (unpaired) electrons. The van der Waals surface area contributed by atoms with E-state index in [1.54, 1.807) is 0 Å². The van der Waals surface area contributed by atoms with Gasteiger partial charge in [-0.25, -0.2) is 0 Å². The maximum absolute atomic E-state index is 12.3. The van der Waals surface area contributed by atoms with Gasteiger partial charge in [0.2, 0.25) is 5.91 Å². The molecule has 5 nitrogen and oxygen atoms in total. The van der Waals surface area contributed by atoms with Crippen LogP contribution in [0.4, 0.5) is 0 Å². The Morgan fingerprint density at radius 1 is 1.03 bits per heavy atom. The molecule has 0 saturated carbocycles. The summed E-state index contributed by atoms with van der Waals surface area (Å²) in [4.78, 5) is 12.3. The lowest BCUT2D eigenvalue weighted by molar-refractivity contribution is -0.121. The standard InChI is InChI=1S/C19H21NO3.C9H13N/c1-2-16(18-13-22-18)20-19(21)12-14-8-6-7-11-17(14)23-15-9-4-3-5-10-15;1-2-8-4-3-5-9(6-8)7-10/h3-11,16,18H,2,12-13H2,1H3,(H,20,21);3-6H,2,7,10H2,1H3/t16-,18?;/m0./s1. The van der Waals surface area contributed by atoms with E-state index in [0.717, 1.165) is 30.8 Å². The molecule has 0 spiro atoms. The average Bonchev–Trinajstić information content (AvgIpc) is 3.70. The molecule has 1 amide bonds. The number of nitrogens with one attached hydrogen (secondary N) is 1. The molecule has 1 saturated heterocycles. The maximum atomic E-state index is 12.3. The van der Waals surface area contributed by atoms with Crippen molar-refractivity contribution in [1.29, 1.82) is 0 Å². The molecule has 3 aromatic carbocycles. The minimum absolute atomic E-state index is 0.00328. The zero-order valence-electron chi connectivity index (χ0n) is 19.5. The van der Waals surface area contributed by atoms with E-state index in [2.05, 4.69) is 43.4 Å². The first-order chi connectivity index (χ1) is 16.1. The number of aryl methyl sites for hydroxylation is 1. The van der Waals surface area contributed by atoms with Crippen molar-refractivity contribution in [2.24, 2.45) is 5.73 Å². The molecule has 1 fully saturated rings. The highest BCUT2D eigenvalue weighted by atomic mass is 16.6. The average molecular weight is 447 g/mol. The summed E-state index contributed by atoms with van der Waals surface area (Å²) in [5.41, 5.74) is 8.93. The smallest absolute Gasteiger partial charge is 0.224 e. The lowest BCUT2D eigenvalue weighted by Gasteiger charge is -2.15. The van der Waals surface area contributed by atoms with Gasteiger partial charge in [0.05, 0.1) is 19.1 Å². The topological polar surface area (TPSA) is 76.9 Å². The summed E-state index contributed by atoms with van der Waals surface area (Å²) in [5, 5.41) is 3.05. The summed E-state index contributed by atoms with van der Waals surface area (Å²) in [6.45, 7) is 5.59. The van der Waals surface area contributed by atoms with Crippen LogP contribution in [0.2, 0.25) is 0 Å². The van der Waals surface area contributed by atoms with E-state index in [-0.39, 0.29) is 18.1 Å². The van der Waals surface area contributed by atoms with Crippen LogP contribution >= 0.6 is 0 Å². The van der Waals surface area contributed by atoms with E-state index in [1.165, 1.54) is 11.1 Å². The number of amides is 1. The predicted octanol–water partition coefficient (Wildman–Crippen LogP) is 5.02. The van der Waals surface area contributed by atoms with E-state index in [0.29, 0.717) is 18.7 Å². The number of carbonyl (C=O) groups excluding carboxylic acids is 1. The fraction of sp³-hybridized carbons (Fsp3) is 0.321. The van der Waals surface area contributed by atoms with Gasteiger partial charge in [0.1, 0.15) is 17.6 Å². The summed E-state index contributed by atoms with van der Waals surface area (Å²) in [7, 11) is 0. The van der Waals surface area contributed by atoms with Crippen molar-refractivity contribution < 1.29 is 14.3 Å². The Balaban J connectivity index is 0.000000257. The van der Waals surface area contributed by atoms with Crippen LogP contribution in [-0.2, 0) is 28.9 Å². The van der Waals surface area contributed by atoms with Crippen LogP contribution in [0.25, 0.3) is 0 Å². The fourth-order valence-corrected chi connectivity index (χ4v) is 3.52. The van der Waals surface area contributed by atoms with Gasteiger partial charge in [-0.2, -0.15) is 0 Å². The summed E-state index contributed by atoms with van der Waals surface area (Å²) < 4.78 is 11.2. The summed E-state index contributed by atoms with van der Waals surface area (Å²) >= 11 is 0. The number of rotatable bonds is 9. The zero-order chi connectivity index (χ0) is 23.5. The number of hydrogen-bond acceptors (Lipinski definition) is 4.